The fourth-order valence-electron chi connectivity index (χ4n) is 3.14. The van der Waals surface area contributed by atoms with Gasteiger partial charge in [0.15, 0.2) is 0 Å². The Hall–Kier alpha value is -3.16. The van der Waals surface area contributed by atoms with E-state index in [-0.39, 0.29) is 17.9 Å². The molecular formula is C19H21FN6O. The highest BCUT2D eigenvalue weighted by atomic mass is 19.1. The molecule has 27 heavy (non-hydrogen) atoms. The minimum absolute atomic E-state index is 0.104. The first-order valence-corrected chi connectivity index (χ1v) is 8.90. The Bertz CT molecular complexity index is 945. The van der Waals surface area contributed by atoms with Gasteiger partial charge in [-0.05, 0) is 36.5 Å². The van der Waals surface area contributed by atoms with Crippen LogP contribution in [0.3, 0.4) is 0 Å². The predicted molar refractivity (Wildman–Crippen MR) is 98.6 cm³/mol. The first-order chi connectivity index (χ1) is 13.1. The summed E-state index contributed by atoms with van der Waals surface area (Å²) in [6.07, 6.45) is 9.08. The molecule has 1 fully saturated rings. The van der Waals surface area contributed by atoms with E-state index in [2.05, 4.69) is 20.7 Å². The van der Waals surface area contributed by atoms with Gasteiger partial charge in [-0.15, -0.1) is 0 Å². The van der Waals surface area contributed by atoms with Gasteiger partial charge in [0.05, 0.1) is 24.5 Å². The lowest BCUT2D eigenvalue weighted by Crippen LogP contribution is -2.34. The van der Waals surface area contributed by atoms with Crippen LogP contribution in [0, 0.1) is 11.7 Å². The molecule has 1 saturated carbocycles. The molecule has 2 aromatic heterocycles. The van der Waals surface area contributed by atoms with Crippen LogP contribution in [-0.4, -0.2) is 25.4 Å². The molecule has 3 aromatic rings. The number of rotatable bonds is 6. The number of aryl methyl sites for hydroxylation is 1. The van der Waals surface area contributed by atoms with Gasteiger partial charge in [-0.25, -0.2) is 14.2 Å². The molecule has 1 aliphatic carbocycles. The number of nitrogens with one attached hydrogen (secondary N) is 2. The fraction of sp³-hybridized carbons (Fsp3) is 0.316. The fourth-order valence-corrected chi connectivity index (χ4v) is 3.14. The molecule has 0 bridgehead atoms. The summed E-state index contributed by atoms with van der Waals surface area (Å²) in [6.45, 7) is 0.430. The molecule has 4 rings (SSSR count). The summed E-state index contributed by atoms with van der Waals surface area (Å²) in [4.78, 5) is 16.8. The Kier molecular flexibility index (Phi) is 4.62. The summed E-state index contributed by atoms with van der Waals surface area (Å²) in [5.41, 5.74) is 1.39. The van der Waals surface area contributed by atoms with Gasteiger partial charge in [-0.2, -0.15) is 5.10 Å². The molecule has 2 amide bonds. The molecule has 0 aliphatic heterocycles. The van der Waals surface area contributed by atoms with Crippen LogP contribution in [0.1, 0.15) is 30.3 Å². The number of hydrogen-bond donors (Lipinski definition) is 2. The number of carbonyl (C=O) groups excluding carboxylic acids is 1. The lowest BCUT2D eigenvalue weighted by Gasteiger charge is -2.18. The zero-order valence-electron chi connectivity index (χ0n) is 15.0. The second-order valence-corrected chi connectivity index (χ2v) is 6.87. The van der Waals surface area contributed by atoms with Gasteiger partial charge >= 0.3 is 6.03 Å². The number of urea groups is 1. The summed E-state index contributed by atoms with van der Waals surface area (Å²) in [6, 6.07) is 5.97. The van der Waals surface area contributed by atoms with Crippen LogP contribution >= 0.6 is 0 Å². The van der Waals surface area contributed by atoms with Crippen molar-refractivity contribution in [1.82, 2.24) is 24.6 Å². The lowest BCUT2D eigenvalue weighted by molar-refractivity contribution is 0.246. The molecule has 8 heteroatoms. The molecule has 1 unspecified atom stereocenters. The first-order valence-electron chi connectivity index (χ1n) is 8.90. The van der Waals surface area contributed by atoms with Crippen LogP contribution in [-0.2, 0) is 13.6 Å². The van der Waals surface area contributed by atoms with Crippen LogP contribution < -0.4 is 10.6 Å². The highest BCUT2D eigenvalue weighted by molar-refractivity contribution is 5.89. The van der Waals surface area contributed by atoms with Gasteiger partial charge in [0.1, 0.15) is 11.6 Å². The minimum Gasteiger partial charge on any atom is -0.336 e. The molecule has 0 saturated heterocycles. The third kappa shape index (κ3) is 4.16. The highest BCUT2D eigenvalue weighted by Gasteiger charge is 2.35. The van der Waals surface area contributed by atoms with E-state index in [1.165, 1.54) is 12.1 Å². The molecule has 1 aromatic carbocycles. The minimum atomic E-state index is -0.291. The largest absolute Gasteiger partial charge is 0.336 e. The summed E-state index contributed by atoms with van der Waals surface area (Å²) in [5.74, 6) is 1.000. The van der Waals surface area contributed by atoms with Gasteiger partial charge in [-0.3, -0.25) is 4.68 Å². The Morgan fingerprint density at radius 2 is 2.26 bits per heavy atom. The van der Waals surface area contributed by atoms with Gasteiger partial charge in [0, 0.05) is 25.6 Å². The smallest absolute Gasteiger partial charge is 0.319 e. The molecular weight excluding hydrogens is 347 g/mol. The van der Waals surface area contributed by atoms with Crippen LogP contribution in [0.4, 0.5) is 14.9 Å². The van der Waals surface area contributed by atoms with Gasteiger partial charge < -0.3 is 15.2 Å². The maximum atomic E-state index is 13.3. The number of benzene rings is 1. The Morgan fingerprint density at radius 1 is 1.41 bits per heavy atom. The van der Waals surface area contributed by atoms with Crippen molar-refractivity contribution in [2.75, 3.05) is 5.32 Å². The average molecular weight is 368 g/mol. The van der Waals surface area contributed by atoms with Crippen molar-refractivity contribution in [3.05, 3.63) is 66.3 Å². The highest BCUT2D eigenvalue weighted by Crippen LogP contribution is 2.40. The second-order valence-electron chi connectivity index (χ2n) is 6.87. The molecule has 2 N–H and O–H groups in total. The molecule has 0 radical (unpaired) electrons. The number of amides is 2. The number of nitrogens with zero attached hydrogens (tertiary/aromatic N) is 4. The van der Waals surface area contributed by atoms with E-state index in [0.29, 0.717) is 18.2 Å². The Balaban J connectivity index is 1.38. The van der Waals surface area contributed by atoms with Crippen molar-refractivity contribution in [1.29, 1.82) is 0 Å². The lowest BCUT2D eigenvalue weighted by atomic mass is 10.2. The molecule has 1 atom stereocenters. The van der Waals surface area contributed by atoms with Crippen molar-refractivity contribution in [3.63, 3.8) is 0 Å². The van der Waals surface area contributed by atoms with Crippen molar-refractivity contribution in [2.45, 2.75) is 25.4 Å². The van der Waals surface area contributed by atoms with Gasteiger partial charge in [0.25, 0.3) is 0 Å². The second kappa shape index (κ2) is 7.22. The quantitative estimate of drug-likeness (QED) is 0.702. The summed E-state index contributed by atoms with van der Waals surface area (Å²) in [7, 11) is 1.92. The standard InChI is InChI=1S/C19H21FN6O/c1-25-8-7-21-18(25)17(14-5-6-14)24-19(27)23-16-10-22-26(12-16)11-13-3-2-4-15(20)9-13/h2-4,7-10,12,14,17H,5-6,11H2,1H3,(H2,23,24,27). The molecule has 7 nitrogen and oxygen atoms in total. The zero-order chi connectivity index (χ0) is 18.8. The number of anilines is 1. The third-order valence-corrected chi connectivity index (χ3v) is 4.64. The van der Waals surface area contributed by atoms with E-state index in [1.807, 2.05) is 23.9 Å². The maximum Gasteiger partial charge on any atom is 0.319 e. The molecule has 140 valence electrons. The zero-order valence-corrected chi connectivity index (χ0v) is 15.0. The van der Waals surface area contributed by atoms with Crippen molar-refractivity contribution < 1.29 is 9.18 Å². The van der Waals surface area contributed by atoms with E-state index in [0.717, 1.165) is 24.2 Å². The Morgan fingerprint density at radius 3 is 2.96 bits per heavy atom. The van der Waals surface area contributed by atoms with Gasteiger partial charge in [-0.1, -0.05) is 12.1 Å². The monoisotopic (exact) mass is 368 g/mol. The van der Waals surface area contributed by atoms with Crippen molar-refractivity contribution in [3.8, 4) is 0 Å². The van der Waals surface area contributed by atoms with Crippen molar-refractivity contribution in [2.24, 2.45) is 13.0 Å². The first kappa shape index (κ1) is 17.3. The van der Waals surface area contributed by atoms with E-state index in [4.69, 9.17) is 0 Å². The summed E-state index contributed by atoms with van der Waals surface area (Å²) >= 11 is 0. The average Bonchev–Trinajstić information content (AvgIpc) is 3.25. The topological polar surface area (TPSA) is 76.8 Å². The predicted octanol–water partition coefficient (Wildman–Crippen LogP) is 3.08. The summed E-state index contributed by atoms with van der Waals surface area (Å²) in [5, 5.41) is 10.0. The number of aromatic nitrogens is 4. The summed E-state index contributed by atoms with van der Waals surface area (Å²) < 4.78 is 16.9. The molecule has 0 spiro atoms. The van der Waals surface area contributed by atoms with Crippen LogP contribution in [0.5, 0.6) is 0 Å². The third-order valence-electron chi connectivity index (χ3n) is 4.64. The van der Waals surface area contributed by atoms with Crippen LogP contribution in [0.2, 0.25) is 0 Å². The van der Waals surface area contributed by atoms with Crippen molar-refractivity contribution >= 4 is 11.7 Å². The van der Waals surface area contributed by atoms with E-state index >= 15 is 0 Å². The number of imidazole rings is 1. The van der Waals surface area contributed by atoms with Crippen LogP contribution in [0.25, 0.3) is 0 Å². The van der Waals surface area contributed by atoms with Gasteiger partial charge in [0.2, 0.25) is 0 Å². The Labute approximate surface area is 156 Å². The van der Waals surface area contributed by atoms with E-state index in [9.17, 15) is 9.18 Å². The van der Waals surface area contributed by atoms with Crippen LogP contribution in [0.15, 0.2) is 49.1 Å². The number of carbonyl (C=O) groups is 1. The number of hydrogen-bond acceptors (Lipinski definition) is 3. The molecule has 1 aliphatic rings. The van der Waals surface area contributed by atoms with E-state index in [1.54, 1.807) is 29.3 Å². The van der Waals surface area contributed by atoms with E-state index < -0.39 is 0 Å². The molecule has 2 heterocycles. The SMILES string of the molecule is Cn1ccnc1C(NC(=O)Nc1cnn(Cc2cccc(F)c2)c1)C1CC1. The number of halogens is 1. The maximum absolute atomic E-state index is 13.3. The normalized spacial score (nSPS) is 14.7.